The van der Waals surface area contributed by atoms with Gasteiger partial charge in [-0.1, -0.05) is 44.0 Å². The maximum atomic E-state index is 15.3. The summed E-state index contributed by atoms with van der Waals surface area (Å²) in [5.41, 5.74) is -0.237. The van der Waals surface area contributed by atoms with Crippen molar-refractivity contribution in [3.63, 3.8) is 0 Å². The van der Waals surface area contributed by atoms with Crippen LogP contribution < -0.4 is 4.74 Å². The number of benzene rings is 2. The molecule has 0 aliphatic heterocycles. The van der Waals surface area contributed by atoms with Crippen molar-refractivity contribution in [2.75, 3.05) is 0 Å². The van der Waals surface area contributed by atoms with E-state index in [1.54, 1.807) is 0 Å². The monoisotopic (exact) mass is 412 g/mol. The lowest BCUT2D eigenvalue weighted by Crippen LogP contribution is -2.31. The van der Waals surface area contributed by atoms with Gasteiger partial charge in [0.15, 0.2) is 11.6 Å². The summed E-state index contributed by atoms with van der Waals surface area (Å²) in [4.78, 5) is 0. The van der Waals surface area contributed by atoms with Gasteiger partial charge in [0, 0.05) is 16.3 Å². The largest absolute Gasteiger partial charge is 0.573 e. The van der Waals surface area contributed by atoms with Crippen LogP contribution in [0.1, 0.15) is 63.4 Å². The Labute approximate surface area is 167 Å². The van der Waals surface area contributed by atoms with Gasteiger partial charge in [-0.2, -0.15) is 0 Å². The van der Waals surface area contributed by atoms with E-state index in [1.807, 2.05) is 0 Å². The minimum atomic E-state index is -5.05. The molecule has 2 aromatic rings. The Bertz CT molecular complexity index is 891. The van der Waals surface area contributed by atoms with E-state index < -0.39 is 29.7 Å². The van der Waals surface area contributed by atoms with Crippen molar-refractivity contribution in [3.05, 3.63) is 41.5 Å². The number of ether oxygens (including phenoxy) is 1. The van der Waals surface area contributed by atoms with E-state index in [4.69, 9.17) is 0 Å². The molecular weight excluding hydrogens is 387 g/mol. The lowest BCUT2D eigenvalue weighted by atomic mass is 9.63. The molecule has 4 unspecified atom stereocenters. The minimum absolute atomic E-state index is 0.0278. The zero-order chi connectivity index (χ0) is 20.8. The number of fused-ring (bicyclic) bond motifs is 2. The van der Waals surface area contributed by atoms with E-state index >= 15 is 8.78 Å². The summed E-state index contributed by atoms with van der Waals surface area (Å²) in [6, 6.07) is 5.62. The van der Waals surface area contributed by atoms with Gasteiger partial charge in [0.05, 0.1) is 0 Å². The van der Waals surface area contributed by atoms with Gasteiger partial charge in [-0.25, -0.2) is 8.78 Å². The summed E-state index contributed by atoms with van der Waals surface area (Å²) in [5, 5.41) is -0.222. The average Bonchev–Trinajstić information content (AvgIpc) is 2.70. The summed E-state index contributed by atoms with van der Waals surface area (Å²) in [6.45, 7) is 2.19. The normalized spacial score (nSPS) is 27.7. The Morgan fingerprint density at radius 3 is 2.24 bits per heavy atom. The molecule has 0 heterocycles. The van der Waals surface area contributed by atoms with Gasteiger partial charge in [0.2, 0.25) is 0 Å². The van der Waals surface area contributed by atoms with Gasteiger partial charge >= 0.3 is 6.36 Å². The highest BCUT2D eigenvalue weighted by molar-refractivity contribution is 5.90. The summed E-state index contributed by atoms with van der Waals surface area (Å²) in [6.07, 6.45) is 1.49. The summed E-state index contributed by atoms with van der Waals surface area (Å²) in [5.74, 6) is -1.64. The number of alkyl halides is 3. The molecule has 158 valence electrons. The van der Waals surface area contributed by atoms with E-state index in [0.29, 0.717) is 30.6 Å². The standard InChI is InChI=1S/C23H25F5O/c1-2-13-7-8-15-12-16(10-9-14(15)11-13)19-20(24)17-5-3-4-6-18(17)22(21(19)25)29-23(26,27)28/h3-6,13-16H,2,7-12H2,1H3. The first-order valence-electron chi connectivity index (χ1n) is 10.4. The fourth-order valence-electron chi connectivity index (χ4n) is 5.55. The van der Waals surface area contributed by atoms with Crippen molar-refractivity contribution in [1.29, 1.82) is 0 Å². The van der Waals surface area contributed by atoms with Gasteiger partial charge in [-0.3, -0.25) is 0 Å². The Kier molecular flexibility index (Phi) is 5.47. The van der Waals surface area contributed by atoms with Crippen LogP contribution in [0.25, 0.3) is 10.8 Å². The molecule has 0 amide bonds. The predicted octanol–water partition coefficient (Wildman–Crippen LogP) is 7.73. The number of hydrogen-bond acceptors (Lipinski definition) is 1. The molecule has 4 rings (SSSR count). The molecular formula is C23H25F5O. The van der Waals surface area contributed by atoms with E-state index in [9.17, 15) is 13.2 Å². The van der Waals surface area contributed by atoms with Crippen LogP contribution in [0.2, 0.25) is 0 Å². The van der Waals surface area contributed by atoms with E-state index in [1.165, 1.54) is 24.3 Å². The second-order valence-corrected chi connectivity index (χ2v) is 8.58. The molecule has 0 bridgehead atoms. The molecule has 29 heavy (non-hydrogen) atoms. The Hall–Kier alpha value is -1.85. The number of halogens is 5. The van der Waals surface area contributed by atoms with Crippen LogP contribution in [-0.2, 0) is 0 Å². The highest BCUT2D eigenvalue weighted by Gasteiger charge is 2.40. The average molecular weight is 412 g/mol. The maximum absolute atomic E-state index is 15.3. The molecule has 6 heteroatoms. The molecule has 1 nitrogen and oxygen atoms in total. The fraction of sp³-hybridized carbons (Fsp3) is 0.565. The number of hydrogen-bond donors (Lipinski definition) is 0. The lowest BCUT2D eigenvalue weighted by Gasteiger charge is -2.42. The molecule has 0 spiro atoms. The third kappa shape index (κ3) is 3.95. The van der Waals surface area contributed by atoms with Gasteiger partial charge < -0.3 is 4.74 Å². The Morgan fingerprint density at radius 1 is 0.897 bits per heavy atom. The van der Waals surface area contributed by atoms with Crippen LogP contribution in [0.4, 0.5) is 22.0 Å². The van der Waals surface area contributed by atoms with Gasteiger partial charge in [0.25, 0.3) is 0 Å². The second kappa shape index (κ2) is 7.77. The molecule has 0 radical (unpaired) electrons. The zero-order valence-electron chi connectivity index (χ0n) is 16.4. The van der Waals surface area contributed by atoms with Crippen molar-refractivity contribution in [2.24, 2.45) is 17.8 Å². The van der Waals surface area contributed by atoms with Gasteiger partial charge in [0.1, 0.15) is 5.82 Å². The Morgan fingerprint density at radius 2 is 1.55 bits per heavy atom. The van der Waals surface area contributed by atoms with Crippen LogP contribution in [0.5, 0.6) is 5.75 Å². The van der Waals surface area contributed by atoms with Gasteiger partial charge in [-0.05, 0) is 55.8 Å². The molecule has 2 aromatic carbocycles. The zero-order valence-corrected chi connectivity index (χ0v) is 16.4. The molecule has 2 aliphatic carbocycles. The van der Waals surface area contributed by atoms with Crippen LogP contribution in [0, 0.1) is 29.4 Å². The first-order valence-corrected chi connectivity index (χ1v) is 10.4. The highest BCUT2D eigenvalue weighted by Crippen LogP contribution is 2.50. The minimum Gasteiger partial charge on any atom is -0.402 e. The summed E-state index contributed by atoms with van der Waals surface area (Å²) < 4.78 is 73.4. The summed E-state index contributed by atoms with van der Waals surface area (Å²) in [7, 11) is 0. The van der Waals surface area contributed by atoms with Crippen LogP contribution >= 0.6 is 0 Å². The van der Waals surface area contributed by atoms with Crippen molar-refractivity contribution in [1.82, 2.24) is 0 Å². The van der Waals surface area contributed by atoms with E-state index in [0.717, 1.165) is 32.1 Å². The maximum Gasteiger partial charge on any atom is 0.573 e. The fourth-order valence-corrected chi connectivity index (χ4v) is 5.55. The van der Waals surface area contributed by atoms with Crippen molar-refractivity contribution in [3.8, 4) is 5.75 Å². The molecule has 0 N–H and O–H groups in total. The Balaban J connectivity index is 1.72. The topological polar surface area (TPSA) is 9.23 Å². The van der Waals surface area contributed by atoms with Crippen LogP contribution in [0.15, 0.2) is 24.3 Å². The smallest absolute Gasteiger partial charge is 0.402 e. The SMILES string of the molecule is CCC1CCC2CC(c3c(F)c(OC(F)(F)F)c4ccccc4c3F)CCC2C1. The molecule has 2 saturated carbocycles. The van der Waals surface area contributed by atoms with Crippen LogP contribution in [0.3, 0.4) is 0 Å². The van der Waals surface area contributed by atoms with Gasteiger partial charge in [-0.15, -0.1) is 13.2 Å². The van der Waals surface area contributed by atoms with Crippen molar-refractivity contribution < 1.29 is 26.7 Å². The van der Waals surface area contributed by atoms with Crippen molar-refractivity contribution in [2.45, 2.75) is 64.1 Å². The quantitative estimate of drug-likeness (QED) is 0.469. The van der Waals surface area contributed by atoms with E-state index in [-0.39, 0.29) is 16.3 Å². The first-order chi connectivity index (χ1) is 13.8. The first kappa shape index (κ1) is 20.4. The second-order valence-electron chi connectivity index (χ2n) is 8.58. The number of rotatable bonds is 3. The predicted molar refractivity (Wildman–Crippen MR) is 102 cm³/mol. The van der Waals surface area contributed by atoms with Crippen LogP contribution in [-0.4, -0.2) is 6.36 Å². The molecule has 2 fully saturated rings. The molecule has 0 saturated heterocycles. The molecule has 2 aliphatic rings. The molecule has 4 atom stereocenters. The molecule has 0 aromatic heterocycles. The lowest BCUT2D eigenvalue weighted by molar-refractivity contribution is -0.275. The summed E-state index contributed by atoms with van der Waals surface area (Å²) >= 11 is 0. The third-order valence-corrected chi connectivity index (χ3v) is 7.01. The highest BCUT2D eigenvalue weighted by atomic mass is 19.4. The third-order valence-electron chi connectivity index (χ3n) is 7.01. The van der Waals surface area contributed by atoms with Crippen molar-refractivity contribution >= 4 is 10.8 Å². The van der Waals surface area contributed by atoms with E-state index in [2.05, 4.69) is 11.7 Å².